The van der Waals surface area contributed by atoms with Gasteiger partial charge in [0.2, 0.25) is 0 Å². The van der Waals surface area contributed by atoms with Crippen LogP contribution < -0.4 is 28.4 Å². The zero-order valence-corrected chi connectivity index (χ0v) is 59.2. The smallest absolute Gasteiger partial charge is 0.164 e. The highest BCUT2D eigenvalue weighted by atomic mass is 16.5. The van der Waals surface area contributed by atoms with Gasteiger partial charge in [-0.15, -0.1) is 0 Å². The summed E-state index contributed by atoms with van der Waals surface area (Å²) in [6, 6.07) is 24.4. The van der Waals surface area contributed by atoms with Gasteiger partial charge in [0.25, 0.3) is 0 Å². The first-order valence-electron chi connectivity index (χ1n) is 36.7. The number of aromatic amines is 2. The number of H-pyrrole nitrogens is 2. The molecule has 16 nitrogen and oxygen atoms in total. The predicted octanol–water partition coefficient (Wildman–Crippen LogP) is 21.9. The van der Waals surface area contributed by atoms with Gasteiger partial charge in [-0.05, 0) is 148 Å². The molecule has 8 aromatic rings. The van der Waals surface area contributed by atoms with Crippen molar-refractivity contribution in [2.24, 2.45) is 0 Å². The quantitative estimate of drug-likeness (QED) is 0.0374. The number of nitriles is 2. The molecule has 508 valence electrons. The van der Waals surface area contributed by atoms with Crippen molar-refractivity contribution in [3.63, 3.8) is 0 Å². The summed E-state index contributed by atoms with van der Waals surface area (Å²) in [6.07, 6.45) is 22.4. The molecule has 2 aliphatic heterocycles. The van der Waals surface area contributed by atoms with Crippen molar-refractivity contribution < 1.29 is 28.4 Å². The van der Waals surface area contributed by atoms with Crippen molar-refractivity contribution in [3.8, 4) is 92.2 Å². The van der Waals surface area contributed by atoms with Gasteiger partial charge in [-0.1, -0.05) is 160 Å². The van der Waals surface area contributed by atoms with E-state index in [-0.39, 0.29) is 47.8 Å². The van der Waals surface area contributed by atoms with E-state index in [9.17, 15) is 10.5 Å². The number of fused-ring (bicyclic) bond motifs is 21. The number of aromatic nitrogens is 8. The second-order valence-electron chi connectivity index (χ2n) is 26.3. The Kier molecular flexibility index (Phi) is 24.5. The average molecular weight is 1300 g/mol. The van der Waals surface area contributed by atoms with Gasteiger partial charge in [0.1, 0.15) is 34.7 Å². The van der Waals surface area contributed by atoms with Gasteiger partial charge >= 0.3 is 0 Å². The van der Waals surface area contributed by atoms with E-state index in [2.05, 4.69) is 129 Å². The van der Waals surface area contributed by atoms with Crippen LogP contribution >= 0.6 is 0 Å². The lowest BCUT2D eigenvalue weighted by atomic mass is 10.00. The molecule has 8 bridgehead atoms. The Morgan fingerprint density at radius 2 is 0.521 bits per heavy atom. The molecule has 2 N–H and O–H groups in total. The Bertz CT molecular complexity index is 3990. The Morgan fingerprint density at radius 3 is 0.729 bits per heavy atom. The monoisotopic (exact) mass is 1300 g/mol. The normalized spacial score (nSPS) is 13.7. The molecule has 16 heteroatoms. The molecule has 0 fully saturated rings. The van der Waals surface area contributed by atoms with E-state index >= 15 is 0 Å². The first-order chi connectivity index (χ1) is 46.9. The molecular formula is C80H102N10O6. The number of ether oxygens (including phenoxy) is 6. The fourth-order valence-electron chi connectivity index (χ4n) is 13.1. The SMILES string of the molecule is CCCCC(CC)Oc1cc2c(cc1OC(CC)CCCC)-c1nc-2nc2[nH]c(nc3nc(nc4[nH]c(n1)c1cc5cc(C#N)c(C#N)cc5cc41)-c1cc(OC(CC)CCCC)c(OC(CC)CCCC)cc1-3)c1cc(OC(CC)CCCC)c(OC(CC)CCCC)cc21. The topological polar surface area (TPSA) is 212 Å². The van der Waals surface area contributed by atoms with E-state index in [4.69, 9.17) is 58.3 Å². The minimum absolute atomic E-state index is 0.0524. The molecule has 0 radical (unpaired) electrons. The molecule has 3 aromatic heterocycles. The predicted molar refractivity (Wildman–Crippen MR) is 388 cm³/mol. The fraction of sp³-hybridized carbons (Fsp3) is 0.525. The zero-order chi connectivity index (χ0) is 67.8. The molecule has 0 aliphatic carbocycles. The van der Waals surface area contributed by atoms with Crippen molar-refractivity contribution in [2.45, 2.75) is 274 Å². The van der Waals surface area contributed by atoms with Crippen LogP contribution in [-0.2, 0) is 0 Å². The third kappa shape index (κ3) is 16.0. The maximum atomic E-state index is 10.3. The molecule has 0 saturated heterocycles. The second kappa shape index (κ2) is 33.4. The molecule has 5 aromatic carbocycles. The van der Waals surface area contributed by atoms with Crippen LogP contribution in [0, 0.1) is 22.7 Å². The number of hydrogen-bond acceptors (Lipinski definition) is 14. The third-order valence-corrected chi connectivity index (χ3v) is 19.1. The molecule has 10 rings (SSSR count). The number of nitrogens with zero attached hydrogens (tertiary/aromatic N) is 8. The molecule has 5 heterocycles. The van der Waals surface area contributed by atoms with Gasteiger partial charge in [0.05, 0.1) is 47.8 Å². The maximum Gasteiger partial charge on any atom is 0.164 e. The number of nitrogens with one attached hydrogen (secondary N) is 2. The van der Waals surface area contributed by atoms with Crippen LogP contribution in [0.25, 0.3) is 100 Å². The van der Waals surface area contributed by atoms with E-state index in [1.165, 1.54) is 0 Å². The second-order valence-corrected chi connectivity index (χ2v) is 26.3. The van der Waals surface area contributed by atoms with E-state index in [0.717, 1.165) is 176 Å². The van der Waals surface area contributed by atoms with Gasteiger partial charge in [0.15, 0.2) is 57.8 Å². The summed E-state index contributed by atoms with van der Waals surface area (Å²) in [5.74, 6) is 5.40. The highest BCUT2D eigenvalue weighted by Crippen LogP contribution is 2.47. The van der Waals surface area contributed by atoms with Crippen LogP contribution in [-0.4, -0.2) is 76.5 Å². The van der Waals surface area contributed by atoms with Gasteiger partial charge in [-0.2, -0.15) is 10.5 Å². The zero-order valence-electron chi connectivity index (χ0n) is 59.2. The van der Waals surface area contributed by atoms with Crippen molar-refractivity contribution in [1.82, 2.24) is 39.9 Å². The average Bonchev–Trinajstić information content (AvgIpc) is 1.58. The Balaban J connectivity index is 1.37. The Hall–Kier alpha value is -8.50. The van der Waals surface area contributed by atoms with Crippen molar-refractivity contribution in [1.29, 1.82) is 10.5 Å². The van der Waals surface area contributed by atoms with Crippen LogP contribution in [0.3, 0.4) is 0 Å². The van der Waals surface area contributed by atoms with E-state index in [1.54, 1.807) is 12.1 Å². The summed E-state index contributed by atoms with van der Waals surface area (Å²) in [5.41, 5.74) is 5.35. The first kappa shape index (κ1) is 70.3. The molecule has 2 aliphatic rings. The lowest BCUT2D eigenvalue weighted by molar-refractivity contribution is 0.147. The molecule has 6 unspecified atom stereocenters. The van der Waals surface area contributed by atoms with E-state index in [0.29, 0.717) is 113 Å². The van der Waals surface area contributed by atoms with Crippen molar-refractivity contribution >= 4 is 54.9 Å². The van der Waals surface area contributed by atoms with Crippen LogP contribution in [0.4, 0.5) is 0 Å². The molecule has 0 saturated carbocycles. The molecular weight excluding hydrogens is 1200 g/mol. The van der Waals surface area contributed by atoms with Gasteiger partial charge in [-0.25, -0.2) is 29.9 Å². The Morgan fingerprint density at radius 1 is 0.302 bits per heavy atom. The summed E-state index contributed by atoms with van der Waals surface area (Å²) < 4.78 is 42.7. The van der Waals surface area contributed by atoms with Crippen molar-refractivity contribution in [3.05, 3.63) is 71.8 Å². The first-order valence-corrected chi connectivity index (χ1v) is 36.7. The van der Waals surface area contributed by atoms with Crippen molar-refractivity contribution in [2.75, 3.05) is 0 Å². The highest BCUT2D eigenvalue weighted by Gasteiger charge is 2.30. The maximum absolute atomic E-state index is 10.3. The number of hydrogen-bond donors (Lipinski definition) is 2. The van der Waals surface area contributed by atoms with Crippen LogP contribution in [0.5, 0.6) is 34.5 Å². The minimum Gasteiger partial charge on any atom is -0.487 e. The summed E-state index contributed by atoms with van der Waals surface area (Å²) >= 11 is 0. The van der Waals surface area contributed by atoms with Crippen LogP contribution in [0.2, 0.25) is 0 Å². The van der Waals surface area contributed by atoms with Gasteiger partial charge in [-0.3, -0.25) is 0 Å². The largest absolute Gasteiger partial charge is 0.487 e. The number of benzene rings is 5. The number of rotatable bonds is 36. The molecule has 0 amide bonds. The minimum atomic E-state index is -0.0606. The summed E-state index contributed by atoms with van der Waals surface area (Å²) in [4.78, 5) is 40.7. The molecule has 96 heavy (non-hydrogen) atoms. The van der Waals surface area contributed by atoms with Gasteiger partial charge in [0, 0.05) is 43.8 Å². The lowest BCUT2D eigenvalue weighted by Gasteiger charge is -2.24. The molecule has 6 atom stereocenters. The van der Waals surface area contributed by atoms with E-state index in [1.807, 2.05) is 24.3 Å². The number of unbranched alkanes of at least 4 members (excludes halogenated alkanes) is 6. The molecule has 0 spiro atoms. The van der Waals surface area contributed by atoms with Gasteiger partial charge < -0.3 is 38.4 Å². The standard InChI is InChI=1S/C80H102N10O6/c1-13-25-31-53(19-7)91-67-41-61-63(43-69(67)93-55(21-9)33-27-15-3)77-86-75(61)84-73-59-39-49-37-51(47-81)52(48-82)38-50(49)40-60(59)74(83-73)85-76-62-42-68(92-54(20-8)32-26-14-2)70(94-56(22-10)34-28-16-4)44-64(62)78(87-76)89-80-66-46-72(96-58(24-12)36-30-18-6)71(45-65(66)79(88-77)90-80)95-57(23-11)35-29-17-5/h37-46,53-58H,13-36H2,1-12H3,(H2,83,84,85,86,87,88,89,90). The fourth-order valence-corrected chi connectivity index (χ4v) is 13.1. The summed E-state index contributed by atoms with van der Waals surface area (Å²) in [6.45, 7) is 26.3. The van der Waals surface area contributed by atoms with Crippen LogP contribution in [0.15, 0.2) is 60.7 Å². The third-order valence-electron chi connectivity index (χ3n) is 19.1. The van der Waals surface area contributed by atoms with Crippen LogP contribution in [0.1, 0.15) is 248 Å². The van der Waals surface area contributed by atoms with E-state index < -0.39 is 0 Å². The Labute approximate surface area is 568 Å². The summed E-state index contributed by atoms with van der Waals surface area (Å²) in [5, 5.41) is 25.1. The lowest BCUT2D eigenvalue weighted by Crippen LogP contribution is -2.19. The summed E-state index contributed by atoms with van der Waals surface area (Å²) in [7, 11) is 0. The highest BCUT2D eigenvalue weighted by molar-refractivity contribution is 6.12.